The summed E-state index contributed by atoms with van der Waals surface area (Å²) >= 11 is 0. The van der Waals surface area contributed by atoms with Gasteiger partial charge in [-0.1, -0.05) is 0 Å². The maximum Gasteiger partial charge on any atom is 0.255 e. The third-order valence-corrected chi connectivity index (χ3v) is 3.22. The van der Waals surface area contributed by atoms with Gasteiger partial charge in [0.1, 0.15) is 0 Å². The van der Waals surface area contributed by atoms with Crippen molar-refractivity contribution >= 4 is 5.91 Å². The van der Waals surface area contributed by atoms with E-state index in [0.717, 1.165) is 25.1 Å². The maximum atomic E-state index is 12.4. The van der Waals surface area contributed by atoms with Crippen molar-refractivity contribution in [1.29, 1.82) is 5.26 Å². The number of carbonyl (C=O) groups is 1. The second-order valence-electron chi connectivity index (χ2n) is 4.70. The molecule has 0 N–H and O–H groups in total. The van der Waals surface area contributed by atoms with Crippen molar-refractivity contribution in [3.63, 3.8) is 0 Å². The lowest BCUT2D eigenvalue weighted by Crippen LogP contribution is -2.40. The minimum Gasteiger partial charge on any atom is -0.337 e. The van der Waals surface area contributed by atoms with E-state index in [4.69, 9.17) is 5.26 Å². The van der Waals surface area contributed by atoms with Crippen molar-refractivity contribution in [3.05, 3.63) is 23.0 Å². The van der Waals surface area contributed by atoms with Crippen LogP contribution in [-0.2, 0) is 0 Å². The molecule has 0 bridgehead atoms. The summed E-state index contributed by atoms with van der Waals surface area (Å²) in [6.45, 7) is 4.84. The van der Waals surface area contributed by atoms with Crippen molar-refractivity contribution in [2.24, 2.45) is 5.92 Å². The molecule has 1 fully saturated rings. The summed E-state index contributed by atoms with van der Waals surface area (Å²) in [6, 6.07) is 4.01. The first-order valence-electron chi connectivity index (χ1n) is 6.11. The molecule has 94 valence electrons. The summed E-state index contributed by atoms with van der Waals surface area (Å²) in [6.07, 6.45) is 1.77. The maximum absolute atomic E-state index is 12.4. The SMILES string of the molecule is Cc1cc(C(=O)N2CCCC(C#N)C2)c(C)nn1. The summed E-state index contributed by atoms with van der Waals surface area (Å²) in [5, 5.41) is 16.8. The van der Waals surface area contributed by atoms with E-state index in [9.17, 15) is 4.79 Å². The number of hydrogen-bond donors (Lipinski definition) is 0. The van der Waals surface area contributed by atoms with E-state index >= 15 is 0 Å². The molecule has 0 aromatic carbocycles. The highest BCUT2D eigenvalue weighted by Gasteiger charge is 2.25. The molecule has 0 aliphatic carbocycles. The topological polar surface area (TPSA) is 69.9 Å². The number of likely N-dealkylation sites (tertiary alicyclic amines) is 1. The fraction of sp³-hybridized carbons (Fsp3) is 0.538. The summed E-state index contributed by atoms with van der Waals surface area (Å²) in [5.41, 5.74) is 1.98. The Morgan fingerprint density at radius 1 is 1.50 bits per heavy atom. The van der Waals surface area contributed by atoms with Gasteiger partial charge >= 0.3 is 0 Å². The second kappa shape index (κ2) is 5.13. The van der Waals surface area contributed by atoms with Gasteiger partial charge < -0.3 is 4.90 Å². The molecule has 0 spiro atoms. The highest BCUT2D eigenvalue weighted by atomic mass is 16.2. The molecule has 1 aromatic rings. The lowest BCUT2D eigenvalue weighted by molar-refractivity contribution is 0.0697. The van der Waals surface area contributed by atoms with Crippen molar-refractivity contribution in [1.82, 2.24) is 15.1 Å². The third kappa shape index (κ3) is 2.48. The number of amides is 1. The molecule has 1 saturated heterocycles. The number of aromatic nitrogens is 2. The number of hydrogen-bond acceptors (Lipinski definition) is 4. The Hall–Kier alpha value is -1.96. The zero-order valence-electron chi connectivity index (χ0n) is 10.7. The quantitative estimate of drug-likeness (QED) is 0.750. The standard InChI is InChI=1S/C13H16N4O/c1-9-6-12(10(2)16-15-9)13(18)17-5-3-4-11(7-14)8-17/h6,11H,3-5,8H2,1-2H3. The monoisotopic (exact) mass is 244 g/mol. The summed E-state index contributed by atoms with van der Waals surface area (Å²) < 4.78 is 0. The molecule has 1 aliphatic rings. The normalized spacial score (nSPS) is 19.4. The summed E-state index contributed by atoms with van der Waals surface area (Å²) in [4.78, 5) is 14.1. The largest absolute Gasteiger partial charge is 0.337 e. The highest BCUT2D eigenvalue weighted by Crippen LogP contribution is 2.18. The van der Waals surface area contributed by atoms with Crippen molar-refractivity contribution in [2.45, 2.75) is 26.7 Å². The van der Waals surface area contributed by atoms with Crippen LogP contribution in [0.2, 0.25) is 0 Å². The lowest BCUT2D eigenvalue weighted by Gasteiger charge is -2.29. The molecule has 5 heteroatoms. The van der Waals surface area contributed by atoms with Crippen LogP contribution in [0, 0.1) is 31.1 Å². The van der Waals surface area contributed by atoms with Gasteiger partial charge in [0.2, 0.25) is 0 Å². The Labute approximate surface area is 106 Å². The van der Waals surface area contributed by atoms with Gasteiger partial charge in [-0.25, -0.2) is 0 Å². The molecule has 0 saturated carbocycles. The molecule has 2 heterocycles. The van der Waals surface area contributed by atoms with Crippen molar-refractivity contribution in [2.75, 3.05) is 13.1 Å². The second-order valence-corrected chi connectivity index (χ2v) is 4.70. The Bertz CT molecular complexity index is 506. The van der Waals surface area contributed by atoms with Crippen LogP contribution in [0.15, 0.2) is 6.07 Å². The number of carbonyl (C=O) groups excluding carboxylic acids is 1. The molecule has 1 aromatic heterocycles. The van der Waals surface area contributed by atoms with Crippen LogP contribution in [0.3, 0.4) is 0 Å². The number of piperidine rings is 1. The van der Waals surface area contributed by atoms with Gasteiger partial charge in [-0.2, -0.15) is 15.5 Å². The Morgan fingerprint density at radius 2 is 2.28 bits per heavy atom. The van der Waals surface area contributed by atoms with Gasteiger partial charge in [0.15, 0.2) is 0 Å². The number of nitrogens with zero attached hydrogens (tertiary/aromatic N) is 4. The van der Waals surface area contributed by atoms with Crippen LogP contribution in [-0.4, -0.2) is 34.1 Å². The molecule has 18 heavy (non-hydrogen) atoms. The summed E-state index contributed by atoms with van der Waals surface area (Å²) in [7, 11) is 0. The fourth-order valence-corrected chi connectivity index (χ4v) is 2.20. The first kappa shape index (κ1) is 12.5. The number of aryl methyl sites for hydroxylation is 2. The van der Waals surface area contributed by atoms with Gasteiger partial charge in [0.05, 0.1) is 28.9 Å². The molecule has 0 radical (unpaired) electrons. The zero-order chi connectivity index (χ0) is 13.1. The average molecular weight is 244 g/mol. The minimum atomic E-state index is -0.0427. The van der Waals surface area contributed by atoms with Crippen LogP contribution in [0.4, 0.5) is 0 Å². The van der Waals surface area contributed by atoms with Crippen LogP contribution >= 0.6 is 0 Å². The van der Waals surface area contributed by atoms with Gasteiger partial charge in [-0.15, -0.1) is 0 Å². The van der Waals surface area contributed by atoms with Gasteiger partial charge in [-0.05, 0) is 32.8 Å². The first-order chi connectivity index (χ1) is 8.61. The molecule has 1 aliphatic heterocycles. The predicted molar refractivity (Wildman–Crippen MR) is 65.7 cm³/mol. The van der Waals surface area contributed by atoms with Gasteiger partial charge in [-0.3, -0.25) is 4.79 Å². The van der Waals surface area contributed by atoms with E-state index in [-0.39, 0.29) is 11.8 Å². The van der Waals surface area contributed by atoms with Crippen LogP contribution < -0.4 is 0 Å². The van der Waals surface area contributed by atoms with Crippen LogP contribution in [0.1, 0.15) is 34.6 Å². The predicted octanol–water partition coefficient (Wildman–Crippen LogP) is 1.47. The molecule has 1 atom stereocenters. The van der Waals surface area contributed by atoms with E-state index in [2.05, 4.69) is 16.3 Å². The summed E-state index contributed by atoms with van der Waals surface area (Å²) in [5.74, 6) is -0.0793. The molecule has 1 unspecified atom stereocenters. The van der Waals surface area contributed by atoms with E-state index in [0.29, 0.717) is 17.8 Å². The van der Waals surface area contributed by atoms with E-state index < -0.39 is 0 Å². The molecular weight excluding hydrogens is 228 g/mol. The smallest absolute Gasteiger partial charge is 0.255 e. The van der Waals surface area contributed by atoms with Crippen LogP contribution in [0.25, 0.3) is 0 Å². The Balaban J connectivity index is 2.21. The van der Waals surface area contributed by atoms with Gasteiger partial charge in [0, 0.05) is 13.1 Å². The zero-order valence-corrected chi connectivity index (χ0v) is 10.7. The lowest BCUT2D eigenvalue weighted by atomic mass is 9.99. The van der Waals surface area contributed by atoms with Gasteiger partial charge in [0.25, 0.3) is 5.91 Å². The minimum absolute atomic E-state index is 0.0366. The Morgan fingerprint density at radius 3 is 3.00 bits per heavy atom. The van der Waals surface area contributed by atoms with E-state index in [1.807, 2.05) is 6.92 Å². The van der Waals surface area contributed by atoms with Crippen LogP contribution in [0.5, 0.6) is 0 Å². The molecule has 1 amide bonds. The molecular formula is C13H16N4O. The third-order valence-electron chi connectivity index (χ3n) is 3.22. The fourth-order valence-electron chi connectivity index (χ4n) is 2.20. The Kier molecular flexibility index (Phi) is 3.56. The van der Waals surface area contributed by atoms with Crippen molar-refractivity contribution in [3.8, 4) is 6.07 Å². The van der Waals surface area contributed by atoms with E-state index in [1.54, 1.807) is 17.9 Å². The number of rotatable bonds is 1. The molecule has 2 rings (SSSR count). The highest BCUT2D eigenvalue weighted by molar-refractivity contribution is 5.95. The average Bonchev–Trinajstić information content (AvgIpc) is 2.41. The molecule has 5 nitrogen and oxygen atoms in total. The van der Waals surface area contributed by atoms with E-state index in [1.165, 1.54) is 0 Å². The number of nitriles is 1. The first-order valence-corrected chi connectivity index (χ1v) is 6.11. The van der Waals surface area contributed by atoms with Crippen molar-refractivity contribution < 1.29 is 4.79 Å².